The summed E-state index contributed by atoms with van der Waals surface area (Å²) in [5, 5.41) is 0. The first-order valence-corrected chi connectivity index (χ1v) is 7.12. The normalized spacial score (nSPS) is 11.2. The van der Waals surface area contributed by atoms with Crippen LogP contribution in [0.1, 0.15) is 26.0 Å². The summed E-state index contributed by atoms with van der Waals surface area (Å²) < 4.78 is 13.1. The fourth-order valence-electron chi connectivity index (χ4n) is 1.54. The molecule has 18 heavy (non-hydrogen) atoms. The molecular weight excluding hydrogens is 347 g/mol. The Morgan fingerprint density at radius 1 is 1.39 bits per heavy atom. The summed E-state index contributed by atoms with van der Waals surface area (Å²) in [7, 11) is 0. The zero-order valence-corrected chi connectivity index (χ0v) is 13.1. The molecule has 0 fully saturated rings. The second-order valence-electron chi connectivity index (χ2n) is 3.77. The van der Waals surface area contributed by atoms with Gasteiger partial charge in [0.2, 0.25) is 0 Å². The predicted molar refractivity (Wildman–Crippen MR) is 77.6 cm³/mol. The first-order chi connectivity index (χ1) is 8.60. The van der Waals surface area contributed by atoms with Crippen molar-refractivity contribution >= 4 is 22.6 Å². The van der Waals surface area contributed by atoms with Crippen molar-refractivity contribution in [2.24, 2.45) is 0 Å². The van der Waals surface area contributed by atoms with Gasteiger partial charge in [0, 0.05) is 26.2 Å². The van der Waals surface area contributed by atoms with Gasteiger partial charge in [0.15, 0.2) is 6.29 Å². The first-order valence-electron chi connectivity index (χ1n) is 6.04. The molecule has 5 nitrogen and oxygen atoms in total. The number of ether oxygens (including phenoxy) is 2. The molecule has 6 heteroatoms. The van der Waals surface area contributed by atoms with E-state index < -0.39 is 0 Å². The summed E-state index contributed by atoms with van der Waals surface area (Å²) >= 11 is 2.03. The van der Waals surface area contributed by atoms with Gasteiger partial charge in [-0.15, -0.1) is 0 Å². The number of nitrogens with zero attached hydrogens (tertiary/aromatic N) is 2. The van der Waals surface area contributed by atoms with Crippen molar-refractivity contribution in [2.75, 3.05) is 13.2 Å². The number of aromatic nitrogens is 2. The first kappa shape index (κ1) is 15.6. The highest BCUT2D eigenvalue weighted by Gasteiger charge is 2.10. The van der Waals surface area contributed by atoms with E-state index in [1.165, 1.54) is 0 Å². The van der Waals surface area contributed by atoms with E-state index in [-0.39, 0.29) is 11.8 Å². The van der Waals surface area contributed by atoms with Crippen LogP contribution in [-0.2, 0) is 16.0 Å². The number of aryl methyl sites for hydroxylation is 2. The smallest absolute Gasteiger partial charge is 0.267 e. The molecule has 102 valence electrons. The highest BCUT2D eigenvalue weighted by atomic mass is 127. The van der Waals surface area contributed by atoms with Gasteiger partial charge < -0.3 is 9.47 Å². The Morgan fingerprint density at radius 3 is 2.56 bits per heavy atom. The second kappa shape index (κ2) is 7.85. The minimum absolute atomic E-state index is 0.00477. The third kappa shape index (κ3) is 4.33. The molecule has 1 aromatic heterocycles. The van der Waals surface area contributed by atoms with E-state index in [9.17, 15) is 4.79 Å². The van der Waals surface area contributed by atoms with Crippen molar-refractivity contribution < 1.29 is 9.47 Å². The molecule has 0 spiro atoms. The monoisotopic (exact) mass is 366 g/mol. The fourth-order valence-corrected chi connectivity index (χ4v) is 1.99. The SMILES string of the molecule is CCOC(CCn1cnc(C)c(I)c1=O)OCC. The van der Waals surface area contributed by atoms with Gasteiger partial charge in [-0.25, -0.2) is 4.98 Å². The molecule has 0 aromatic carbocycles. The van der Waals surface area contributed by atoms with Crippen LogP contribution in [0.4, 0.5) is 0 Å². The van der Waals surface area contributed by atoms with Crippen LogP contribution in [0.2, 0.25) is 0 Å². The summed E-state index contributed by atoms with van der Waals surface area (Å²) in [6.45, 7) is 7.43. The summed E-state index contributed by atoms with van der Waals surface area (Å²) in [5.74, 6) is 0. The summed E-state index contributed by atoms with van der Waals surface area (Å²) in [6, 6.07) is 0. The van der Waals surface area contributed by atoms with E-state index in [4.69, 9.17) is 9.47 Å². The molecule has 0 aliphatic heterocycles. The third-order valence-corrected chi connectivity index (χ3v) is 3.71. The number of rotatable bonds is 7. The second-order valence-corrected chi connectivity index (χ2v) is 4.85. The standard InChI is InChI=1S/C12H19IN2O3/c1-4-17-10(18-5-2)6-7-15-8-14-9(3)11(13)12(15)16/h8,10H,4-7H2,1-3H3. The molecule has 0 radical (unpaired) electrons. The third-order valence-electron chi connectivity index (χ3n) is 2.47. The summed E-state index contributed by atoms with van der Waals surface area (Å²) in [5.41, 5.74) is 0.762. The maximum atomic E-state index is 12.0. The molecule has 0 aliphatic rings. The zero-order chi connectivity index (χ0) is 13.5. The van der Waals surface area contributed by atoms with Crippen LogP contribution in [-0.4, -0.2) is 29.1 Å². The molecule has 1 rings (SSSR count). The van der Waals surface area contributed by atoms with Gasteiger partial charge in [0.05, 0.1) is 15.6 Å². The van der Waals surface area contributed by atoms with Gasteiger partial charge >= 0.3 is 0 Å². The molecule has 0 amide bonds. The van der Waals surface area contributed by atoms with Crippen LogP contribution in [0.15, 0.2) is 11.1 Å². The van der Waals surface area contributed by atoms with Crippen LogP contribution in [0.5, 0.6) is 0 Å². The molecule has 0 saturated carbocycles. The molecule has 0 saturated heterocycles. The Bertz CT molecular complexity index is 428. The molecule has 0 bridgehead atoms. The average molecular weight is 366 g/mol. The van der Waals surface area contributed by atoms with Gasteiger partial charge in [0.1, 0.15) is 0 Å². The Labute approximate surface area is 121 Å². The van der Waals surface area contributed by atoms with Crippen molar-refractivity contribution in [3.63, 3.8) is 0 Å². The van der Waals surface area contributed by atoms with Gasteiger partial charge in [-0.2, -0.15) is 0 Å². The number of hydrogen-bond acceptors (Lipinski definition) is 4. The van der Waals surface area contributed by atoms with Crippen LogP contribution in [0.25, 0.3) is 0 Å². The lowest BCUT2D eigenvalue weighted by atomic mass is 10.4. The predicted octanol–water partition coefficient (Wildman–Crippen LogP) is 1.95. The highest BCUT2D eigenvalue weighted by Crippen LogP contribution is 2.05. The van der Waals surface area contributed by atoms with Crippen LogP contribution in [0.3, 0.4) is 0 Å². The Hall–Kier alpha value is -0.470. The van der Waals surface area contributed by atoms with Gasteiger partial charge in [-0.1, -0.05) is 0 Å². The van der Waals surface area contributed by atoms with Crippen molar-refractivity contribution in [3.8, 4) is 0 Å². The van der Waals surface area contributed by atoms with E-state index in [1.807, 2.05) is 43.4 Å². The molecular formula is C12H19IN2O3. The fraction of sp³-hybridized carbons (Fsp3) is 0.667. The number of halogens is 1. The van der Waals surface area contributed by atoms with Gasteiger partial charge in [-0.05, 0) is 43.4 Å². The van der Waals surface area contributed by atoms with E-state index in [0.717, 1.165) is 5.69 Å². The highest BCUT2D eigenvalue weighted by molar-refractivity contribution is 14.1. The Morgan fingerprint density at radius 2 is 2.00 bits per heavy atom. The molecule has 0 N–H and O–H groups in total. The lowest BCUT2D eigenvalue weighted by Crippen LogP contribution is -2.27. The van der Waals surface area contributed by atoms with Crippen molar-refractivity contribution in [3.05, 3.63) is 25.9 Å². The molecule has 0 aliphatic carbocycles. The van der Waals surface area contributed by atoms with E-state index in [0.29, 0.717) is 29.7 Å². The number of hydrogen-bond donors (Lipinski definition) is 0. The van der Waals surface area contributed by atoms with Crippen LogP contribution >= 0.6 is 22.6 Å². The lowest BCUT2D eigenvalue weighted by Gasteiger charge is -2.17. The van der Waals surface area contributed by atoms with Crippen molar-refractivity contribution in [2.45, 2.75) is 40.0 Å². The summed E-state index contributed by atoms with van der Waals surface area (Å²) in [4.78, 5) is 16.1. The maximum Gasteiger partial charge on any atom is 0.267 e. The van der Waals surface area contributed by atoms with Crippen LogP contribution in [0, 0.1) is 10.5 Å². The zero-order valence-electron chi connectivity index (χ0n) is 11.0. The molecule has 1 aromatic rings. The Balaban J connectivity index is 2.67. The average Bonchev–Trinajstić information content (AvgIpc) is 2.35. The summed E-state index contributed by atoms with van der Waals surface area (Å²) in [6.07, 6.45) is 1.96. The minimum Gasteiger partial charge on any atom is -0.353 e. The van der Waals surface area contributed by atoms with E-state index in [1.54, 1.807) is 10.9 Å². The molecule has 1 heterocycles. The topological polar surface area (TPSA) is 53.4 Å². The lowest BCUT2D eigenvalue weighted by molar-refractivity contribution is -0.141. The Kier molecular flexibility index (Phi) is 6.80. The van der Waals surface area contributed by atoms with Crippen LogP contribution < -0.4 is 5.56 Å². The van der Waals surface area contributed by atoms with Crippen molar-refractivity contribution in [1.29, 1.82) is 0 Å². The minimum atomic E-state index is -0.258. The van der Waals surface area contributed by atoms with Gasteiger partial charge in [-0.3, -0.25) is 9.36 Å². The van der Waals surface area contributed by atoms with E-state index in [2.05, 4.69) is 4.98 Å². The molecule has 0 unspecified atom stereocenters. The van der Waals surface area contributed by atoms with Gasteiger partial charge in [0.25, 0.3) is 5.56 Å². The molecule has 0 atom stereocenters. The van der Waals surface area contributed by atoms with E-state index >= 15 is 0 Å². The maximum absolute atomic E-state index is 12.0. The largest absolute Gasteiger partial charge is 0.353 e. The quantitative estimate of drug-likeness (QED) is 0.547. The van der Waals surface area contributed by atoms with Crippen molar-refractivity contribution in [1.82, 2.24) is 9.55 Å².